The molecule has 0 bridgehead atoms. The van der Waals surface area contributed by atoms with Gasteiger partial charge in [0.1, 0.15) is 0 Å². The fourth-order valence-corrected chi connectivity index (χ4v) is 3.73. The SMILES string of the molecule is NCc1ccc(C(=O)Nc2ccncc2)cc1-c1cccc(C(=O)NCCOC2CCOC2=O)c1. The molecule has 0 saturated carbocycles. The number of hydrogen-bond donors (Lipinski definition) is 3. The van der Waals surface area contributed by atoms with Gasteiger partial charge in [-0.15, -0.1) is 0 Å². The van der Waals surface area contributed by atoms with Crippen molar-refractivity contribution in [2.45, 2.75) is 19.1 Å². The summed E-state index contributed by atoms with van der Waals surface area (Å²) in [5.41, 5.74) is 9.89. The van der Waals surface area contributed by atoms with Crippen molar-refractivity contribution in [3.63, 3.8) is 0 Å². The molecule has 1 aliphatic heterocycles. The number of nitrogens with one attached hydrogen (secondary N) is 2. The number of carbonyl (C=O) groups excluding carboxylic acids is 3. The van der Waals surface area contributed by atoms with Gasteiger partial charge in [-0.3, -0.25) is 14.6 Å². The summed E-state index contributed by atoms with van der Waals surface area (Å²) in [7, 11) is 0. The molecule has 0 aliphatic carbocycles. The average molecular weight is 475 g/mol. The maximum Gasteiger partial charge on any atom is 0.335 e. The average Bonchev–Trinajstić information content (AvgIpc) is 3.31. The summed E-state index contributed by atoms with van der Waals surface area (Å²) in [5.74, 6) is -0.900. The van der Waals surface area contributed by atoms with E-state index in [-0.39, 0.29) is 37.5 Å². The van der Waals surface area contributed by atoms with Crippen LogP contribution in [0.2, 0.25) is 0 Å². The van der Waals surface area contributed by atoms with Crippen molar-refractivity contribution >= 4 is 23.5 Å². The summed E-state index contributed by atoms with van der Waals surface area (Å²) in [6.07, 6.45) is 3.17. The number of nitrogens with zero attached hydrogens (tertiary/aromatic N) is 1. The van der Waals surface area contributed by atoms with Crippen molar-refractivity contribution < 1.29 is 23.9 Å². The molecule has 1 atom stereocenters. The first kappa shape index (κ1) is 24.1. The molecular formula is C26H26N4O5. The van der Waals surface area contributed by atoms with Crippen molar-refractivity contribution in [2.75, 3.05) is 25.1 Å². The molecule has 4 rings (SSSR count). The topological polar surface area (TPSA) is 133 Å². The van der Waals surface area contributed by atoms with E-state index in [0.717, 1.165) is 16.7 Å². The molecule has 2 heterocycles. The van der Waals surface area contributed by atoms with E-state index < -0.39 is 6.10 Å². The van der Waals surface area contributed by atoms with Gasteiger partial charge in [0.2, 0.25) is 0 Å². The lowest BCUT2D eigenvalue weighted by Crippen LogP contribution is -2.29. The number of pyridine rings is 1. The van der Waals surface area contributed by atoms with Gasteiger partial charge in [0.25, 0.3) is 11.8 Å². The fraction of sp³-hybridized carbons (Fsp3) is 0.231. The number of aromatic nitrogens is 1. The van der Waals surface area contributed by atoms with Crippen LogP contribution in [0.25, 0.3) is 11.1 Å². The van der Waals surface area contributed by atoms with Crippen LogP contribution in [0.4, 0.5) is 5.69 Å². The van der Waals surface area contributed by atoms with E-state index in [2.05, 4.69) is 15.6 Å². The molecule has 1 saturated heterocycles. The highest BCUT2D eigenvalue weighted by molar-refractivity contribution is 6.05. The number of amides is 2. The van der Waals surface area contributed by atoms with E-state index in [1.54, 1.807) is 54.9 Å². The van der Waals surface area contributed by atoms with Crippen LogP contribution in [0.5, 0.6) is 0 Å². The first-order chi connectivity index (χ1) is 17.0. The standard InChI is InChI=1S/C26H26N4O5/c27-16-20-5-4-19(25(32)30-21-6-9-28-10-7-21)15-22(20)17-2-1-3-18(14-17)24(31)29-11-13-34-23-8-12-35-26(23)33/h1-7,9-10,14-15,23H,8,11-13,16,27H2,(H,29,31)(H,28,30,32). The van der Waals surface area contributed by atoms with Gasteiger partial charge >= 0.3 is 5.97 Å². The Balaban J connectivity index is 1.45. The van der Waals surface area contributed by atoms with Crippen LogP contribution in [-0.2, 0) is 20.8 Å². The van der Waals surface area contributed by atoms with Crippen LogP contribution in [0, 0.1) is 0 Å². The van der Waals surface area contributed by atoms with Gasteiger partial charge in [0.05, 0.1) is 13.2 Å². The summed E-state index contributed by atoms with van der Waals surface area (Å²) in [4.78, 5) is 40.8. The lowest BCUT2D eigenvalue weighted by molar-refractivity contribution is -0.147. The minimum absolute atomic E-state index is 0.206. The highest BCUT2D eigenvalue weighted by Gasteiger charge is 2.26. The molecule has 35 heavy (non-hydrogen) atoms. The Morgan fingerprint density at radius 2 is 1.86 bits per heavy atom. The molecule has 2 amide bonds. The molecule has 9 heteroatoms. The monoisotopic (exact) mass is 474 g/mol. The van der Waals surface area contributed by atoms with Gasteiger partial charge in [-0.1, -0.05) is 18.2 Å². The first-order valence-corrected chi connectivity index (χ1v) is 11.3. The zero-order valence-corrected chi connectivity index (χ0v) is 19.0. The van der Waals surface area contributed by atoms with Crippen molar-refractivity contribution in [1.82, 2.24) is 10.3 Å². The summed E-state index contributed by atoms with van der Waals surface area (Å²) in [6.45, 7) is 1.10. The van der Waals surface area contributed by atoms with Gasteiger partial charge in [-0.2, -0.15) is 0 Å². The number of hydrogen-bond acceptors (Lipinski definition) is 7. The van der Waals surface area contributed by atoms with E-state index >= 15 is 0 Å². The van der Waals surface area contributed by atoms with Crippen molar-refractivity contribution in [3.8, 4) is 11.1 Å². The summed E-state index contributed by atoms with van der Waals surface area (Å²) in [6, 6.07) is 15.8. The van der Waals surface area contributed by atoms with E-state index in [1.165, 1.54) is 0 Å². The maximum absolute atomic E-state index is 12.8. The molecule has 9 nitrogen and oxygen atoms in total. The Morgan fingerprint density at radius 3 is 2.60 bits per heavy atom. The maximum atomic E-state index is 12.8. The minimum Gasteiger partial charge on any atom is -0.464 e. The van der Waals surface area contributed by atoms with Crippen LogP contribution in [0.3, 0.4) is 0 Å². The molecule has 0 radical (unpaired) electrons. The fourth-order valence-electron chi connectivity index (χ4n) is 3.73. The molecule has 1 aliphatic rings. The number of rotatable bonds is 9. The van der Waals surface area contributed by atoms with Gasteiger partial charge in [0, 0.05) is 48.7 Å². The second kappa shape index (κ2) is 11.4. The lowest BCUT2D eigenvalue weighted by Gasteiger charge is -2.13. The summed E-state index contributed by atoms with van der Waals surface area (Å²) in [5, 5.41) is 5.63. The number of carbonyl (C=O) groups is 3. The van der Waals surface area contributed by atoms with Crippen LogP contribution in [0.1, 0.15) is 32.7 Å². The molecule has 4 N–H and O–H groups in total. The van der Waals surface area contributed by atoms with Crippen LogP contribution in [-0.4, -0.2) is 48.6 Å². The van der Waals surface area contributed by atoms with Gasteiger partial charge in [-0.05, 0) is 53.1 Å². The Hall–Kier alpha value is -4.08. The van der Waals surface area contributed by atoms with Gasteiger partial charge < -0.3 is 25.8 Å². The first-order valence-electron chi connectivity index (χ1n) is 11.3. The molecular weight excluding hydrogens is 448 g/mol. The Bertz CT molecular complexity index is 1220. The predicted octanol–water partition coefficient (Wildman–Crippen LogP) is 2.52. The molecule has 1 aromatic heterocycles. The number of ether oxygens (including phenoxy) is 2. The normalized spacial score (nSPS) is 14.9. The largest absolute Gasteiger partial charge is 0.464 e. The number of benzene rings is 2. The Kier molecular flexibility index (Phi) is 7.81. The van der Waals surface area contributed by atoms with Crippen LogP contribution in [0.15, 0.2) is 67.0 Å². The number of esters is 1. The Labute approximate surface area is 202 Å². The van der Waals surface area contributed by atoms with E-state index in [0.29, 0.717) is 29.8 Å². The summed E-state index contributed by atoms with van der Waals surface area (Å²) < 4.78 is 10.3. The molecule has 2 aromatic carbocycles. The van der Waals surface area contributed by atoms with Crippen molar-refractivity contribution in [3.05, 3.63) is 83.7 Å². The summed E-state index contributed by atoms with van der Waals surface area (Å²) >= 11 is 0. The zero-order valence-electron chi connectivity index (χ0n) is 19.0. The smallest absolute Gasteiger partial charge is 0.335 e. The number of anilines is 1. The second-order valence-electron chi connectivity index (χ2n) is 7.92. The third-order valence-electron chi connectivity index (χ3n) is 5.56. The van der Waals surface area contributed by atoms with Crippen LogP contribution < -0.4 is 16.4 Å². The second-order valence-corrected chi connectivity index (χ2v) is 7.92. The molecule has 180 valence electrons. The zero-order chi connectivity index (χ0) is 24.6. The third kappa shape index (κ3) is 6.08. The molecule has 1 fully saturated rings. The predicted molar refractivity (Wildman–Crippen MR) is 130 cm³/mol. The molecule has 3 aromatic rings. The van der Waals surface area contributed by atoms with E-state index in [9.17, 15) is 14.4 Å². The van der Waals surface area contributed by atoms with Crippen LogP contribution >= 0.6 is 0 Å². The molecule has 1 unspecified atom stereocenters. The highest BCUT2D eigenvalue weighted by atomic mass is 16.6. The number of cyclic esters (lactones) is 1. The lowest BCUT2D eigenvalue weighted by atomic mass is 9.95. The minimum atomic E-state index is -0.562. The van der Waals surface area contributed by atoms with E-state index in [4.69, 9.17) is 15.2 Å². The van der Waals surface area contributed by atoms with Crippen molar-refractivity contribution in [1.29, 1.82) is 0 Å². The number of nitrogens with two attached hydrogens (primary N) is 1. The van der Waals surface area contributed by atoms with Gasteiger partial charge in [0.15, 0.2) is 6.10 Å². The van der Waals surface area contributed by atoms with Crippen molar-refractivity contribution in [2.24, 2.45) is 5.73 Å². The highest BCUT2D eigenvalue weighted by Crippen LogP contribution is 2.26. The van der Waals surface area contributed by atoms with E-state index in [1.807, 2.05) is 12.1 Å². The van der Waals surface area contributed by atoms with Gasteiger partial charge in [-0.25, -0.2) is 4.79 Å². The Morgan fingerprint density at radius 1 is 1.06 bits per heavy atom. The third-order valence-corrected chi connectivity index (χ3v) is 5.56. The quantitative estimate of drug-likeness (QED) is 0.321. The molecule has 0 spiro atoms.